The van der Waals surface area contributed by atoms with Crippen LogP contribution < -0.4 is 10.6 Å². The molecule has 6 nitrogen and oxygen atoms in total. The lowest BCUT2D eigenvalue weighted by Gasteiger charge is -2.19. The molecule has 0 aliphatic heterocycles. The standard InChI is InChI=1S/C19H23N3O3/c1-2-20-19(25)15-8-10-17(21-13-15)22-16(9-11-18(23)24)12-14-6-4-3-5-7-14/h3-8,10,13,16H,2,9,11-12H2,1H3,(H,20,25)(H,21,22)(H,23,24). The van der Waals surface area contributed by atoms with Gasteiger partial charge in [0.25, 0.3) is 5.91 Å². The smallest absolute Gasteiger partial charge is 0.303 e. The highest BCUT2D eigenvalue weighted by atomic mass is 16.4. The van der Waals surface area contributed by atoms with Crippen molar-refractivity contribution in [2.45, 2.75) is 32.2 Å². The fourth-order valence-electron chi connectivity index (χ4n) is 2.51. The third-order valence-electron chi connectivity index (χ3n) is 3.75. The molecule has 6 heteroatoms. The summed E-state index contributed by atoms with van der Waals surface area (Å²) in [5.74, 6) is -0.355. The number of rotatable bonds is 9. The highest BCUT2D eigenvalue weighted by Gasteiger charge is 2.13. The summed E-state index contributed by atoms with van der Waals surface area (Å²) < 4.78 is 0. The molecule has 0 saturated carbocycles. The van der Waals surface area contributed by atoms with Crippen LogP contribution in [0, 0.1) is 0 Å². The van der Waals surface area contributed by atoms with E-state index in [1.54, 1.807) is 12.1 Å². The van der Waals surface area contributed by atoms with Gasteiger partial charge < -0.3 is 15.7 Å². The molecule has 0 aliphatic carbocycles. The number of carboxylic acids is 1. The normalized spacial score (nSPS) is 11.6. The Balaban J connectivity index is 2.04. The lowest BCUT2D eigenvalue weighted by Crippen LogP contribution is -2.25. The zero-order valence-corrected chi connectivity index (χ0v) is 14.2. The SMILES string of the molecule is CCNC(=O)c1ccc(NC(CCC(=O)O)Cc2ccccc2)nc1. The fraction of sp³-hybridized carbons (Fsp3) is 0.316. The van der Waals surface area contributed by atoms with E-state index in [4.69, 9.17) is 5.11 Å². The summed E-state index contributed by atoms with van der Waals surface area (Å²) in [7, 11) is 0. The predicted molar refractivity (Wildman–Crippen MR) is 96.7 cm³/mol. The average molecular weight is 341 g/mol. The first kappa shape index (κ1) is 18.4. The maximum Gasteiger partial charge on any atom is 0.303 e. The summed E-state index contributed by atoms with van der Waals surface area (Å²) in [5, 5.41) is 15.0. The molecule has 1 amide bonds. The van der Waals surface area contributed by atoms with Gasteiger partial charge in [0.2, 0.25) is 0 Å². The van der Waals surface area contributed by atoms with Crippen LogP contribution in [0.4, 0.5) is 5.82 Å². The minimum absolute atomic E-state index is 0.0543. The van der Waals surface area contributed by atoms with Crippen molar-refractivity contribution in [2.75, 3.05) is 11.9 Å². The van der Waals surface area contributed by atoms with Gasteiger partial charge in [0.05, 0.1) is 5.56 Å². The number of hydrogen-bond acceptors (Lipinski definition) is 4. The van der Waals surface area contributed by atoms with Gasteiger partial charge in [-0.25, -0.2) is 4.98 Å². The van der Waals surface area contributed by atoms with Gasteiger partial charge in [-0.2, -0.15) is 0 Å². The Morgan fingerprint density at radius 1 is 1.16 bits per heavy atom. The Hall–Kier alpha value is -2.89. The quantitative estimate of drug-likeness (QED) is 0.652. The first-order chi connectivity index (χ1) is 12.1. The second kappa shape index (κ2) is 9.42. The molecule has 0 radical (unpaired) electrons. The maximum absolute atomic E-state index is 11.8. The van der Waals surface area contributed by atoms with Crippen molar-refractivity contribution in [3.63, 3.8) is 0 Å². The number of benzene rings is 1. The van der Waals surface area contributed by atoms with Crippen LogP contribution in [-0.4, -0.2) is 34.6 Å². The molecule has 132 valence electrons. The van der Waals surface area contributed by atoms with E-state index in [9.17, 15) is 9.59 Å². The molecule has 1 unspecified atom stereocenters. The second-order valence-electron chi connectivity index (χ2n) is 5.75. The molecule has 2 rings (SSSR count). The van der Waals surface area contributed by atoms with Crippen LogP contribution in [0.1, 0.15) is 35.7 Å². The molecule has 1 atom stereocenters. The third kappa shape index (κ3) is 6.25. The molecule has 1 aromatic heterocycles. The zero-order chi connectivity index (χ0) is 18.1. The van der Waals surface area contributed by atoms with Crippen molar-refractivity contribution in [1.82, 2.24) is 10.3 Å². The summed E-state index contributed by atoms with van der Waals surface area (Å²) in [6.07, 6.45) is 2.80. The van der Waals surface area contributed by atoms with E-state index in [1.807, 2.05) is 37.3 Å². The van der Waals surface area contributed by atoms with Crippen LogP contribution >= 0.6 is 0 Å². The molecule has 1 heterocycles. The van der Waals surface area contributed by atoms with Crippen LogP contribution in [0.2, 0.25) is 0 Å². The van der Waals surface area contributed by atoms with Gasteiger partial charge in [0.1, 0.15) is 5.82 Å². The molecule has 0 bridgehead atoms. The number of pyridine rings is 1. The Morgan fingerprint density at radius 2 is 1.92 bits per heavy atom. The number of hydrogen-bond donors (Lipinski definition) is 3. The van der Waals surface area contributed by atoms with Crippen molar-refractivity contribution in [2.24, 2.45) is 0 Å². The maximum atomic E-state index is 11.8. The van der Waals surface area contributed by atoms with Gasteiger partial charge in [0, 0.05) is 25.2 Å². The monoisotopic (exact) mass is 341 g/mol. The van der Waals surface area contributed by atoms with Crippen LogP contribution in [0.3, 0.4) is 0 Å². The Morgan fingerprint density at radius 3 is 2.52 bits per heavy atom. The minimum atomic E-state index is -0.820. The van der Waals surface area contributed by atoms with E-state index < -0.39 is 5.97 Å². The molecule has 25 heavy (non-hydrogen) atoms. The first-order valence-electron chi connectivity index (χ1n) is 8.35. The van der Waals surface area contributed by atoms with E-state index in [1.165, 1.54) is 6.20 Å². The third-order valence-corrected chi connectivity index (χ3v) is 3.75. The van der Waals surface area contributed by atoms with Gasteiger partial charge in [0.15, 0.2) is 0 Å². The van der Waals surface area contributed by atoms with E-state index in [0.29, 0.717) is 30.8 Å². The molecule has 0 spiro atoms. The predicted octanol–water partition coefficient (Wildman–Crippen LogP) is 2.72. The number of aromatic nitrogens is 1. The molecule has 2 aromatic rings. The zero-order valence-electron chi connectivity index (χ0n) is 14.2. The highest BCUT2D eigenvalue weighted by Crippen LogP contribution is 2.14. The highest BCUT2D eigenvalue weighted by molar-refractivity contribution is 5.93. The van der Waals surface area contributed by atoms with E-state index >= 15 is 0 Å². The van der Waals surface area contributed by atoms with Gasteiger partial charge in [-0.15, -0.1) is 0 Å². The van der Waals surface area contributed by atoms with Crippen molar-refractivity contribution >= 4 is 17.7 Å². The average Bonchev–Trinajstić information content (AvgIpc) is 2.61. The van der Waals surface area contributed by atoms with Gasteiger partial charge in [-0.05, 0) is 37.5 Å². The number of carboxylic acid groups (broad SMARTS) is 1. The van der Waals surface area contributed by atoms with Gasteiger partial charge >= 0.3 is 5.97 Å². The first-order valence-corrected chi connectivity index (χ1v) is 8.35. The van der Waals surface area contributed by atoms with Crippen LogP contribution in [0.25, 0.3) is 0 Å². The van der Waals surface area contributed by atoms with Crippen LogP contribution in [0.5, 0.6) is 0 Å². The second-order valence-corrected chi connectivity index (χ2v) is 5.75. The molecule has 0 aliphatic rings. The topological polar surface area (TPSA) is 91.3 Å². The molecule has 0 fully saturated rings. The van der Waals surface area contributed by atoms with Crippen LogP contribution in [0.15, 0.2) is 48.7 Å². The van der Waals surface area contributed by atoms with Crippen molar-refractivity contribution in [1.29, 1.82) is 0 Å². The van der Waals surface area contributed by atoms with E-state index in [0.717, 1.165) is 5.56 Å². The lowest BCUT2D eigenvalue weighted by molar-refractivity contribution is -0.137. The van der Waals surface area contributed by atoms with Crippen molar-refractivity contribution in [3.8, 4) is 0 Å². The fourth-order valence-corrected chi connectivity index (χ4v) is 2.51. The number of amides is 1. The number of carbonyl (C=O) groups is 2. The lowest BCUT2D eigenvalue weighted by atomic mass is 10.0. The van der Waals surface area contributed by atoms with Crippen molar-refractivity contribution < 1.29 is 14.7 Å². The Kier molecular flexibility index (Phi) is 6.95. The number of anilines is 1. The number of nitrogens with one attached hydrogen (secondary N) is 2. The number of nitrogens with zero attached hydrogens (tertiary/aromatic N) is 1. The molecular weight excluding hydrogens is 318 g/mol. The molecular formula is C19H23N3O3. The van der Waals surface area contributed by atoms with E-state index in [2.05, 4.69) is 15.6 Å². The summed E-state index contributed by atoms with van der Waals surface area (Å²) in [5.41, 5.74) is 1.63. The molecule has 1 aromatic carbocycles. The van der Waals surface area contributed by atoms with Gasteiger partial charge in [-0.1, -0.05) is 30.3 Å². The molecule has 0 saturated heterocycles. The number of aliphatic carboxylic acids is 1. The summed E-state index contributed by atoms with van der Waals surface area (Å²) in [6, 6.07) is 13.3. The summed E-state index contributed by atoms with van der Waals surface area (Å²) >= 11 is 0. The largest absolute Gasteiger partial charge is 0.481 e. The Bertz CT molecular complexity index is 687. The van der Waals surface area contributed by atoms with Crippen molar-refractivity contribution in [3.05, 3.63) is 59.8 Å². The minimum Gasteiger partial charge on any atom is -0.481 e. The van der Waals surface area contributed by atoms with Gasteiger partial charge in [-0.3, -0.25) is 9.59 Å². The molecule has 3 N–H and O–H groups in total. The summed E-state index contributed by atoms with van der Waals surface area (Å²) in [4.78, 5) is 26.9. The Labute approximate surface area is 147 Å². The van der Waals surface area contributed by atoms with Crippen LogP contribution in [-0.2, 0) is 11.2 Å². The summed E-state index contributed by atoms with van der Waals surface area (Å²) in [6.45, 7) is 2.42. The van der Waals surface area contributed by atoms with E-state index in [-0.39, 0.29) is 18.4 Å². The number of carbonyl (C=O) groups excluding carboxylic acids is 1.